The van der Waals surface area contributed by atoms with E-state index in [9.17, 15) is 9.90 Å². The summed E-state index contributed by atoms with van der Waals surface area (Å²) < 4.78 is 5.48. The van der Waals surface area contributed by atoms with Crippen LogP contribution >= 0.6 is 11.6 Å². The summed E-state index contributed by atoms with van der Waals surface area (Å²) in [7, 11) is 0. The standard InChI is InChI=1S/C20H26ClN3O3/c1-20(2,3)27-19(26)24(12-11-14-7-9-15(22)10-8-14)13-17(25)16-5-4-6-18(21)23-16/h4-10,17,25H,11-13,22H2,1-3H3/t17-/m1/s1. The first kappa shape index (κ1) is 21.0. The number of rotatable bonds is 6. The Hall–Kier alpha value is -2.31. The molecule has 0 aliphatic rings. The van der Waals surface area contributed by atoms with Crippen molar-refractivity contribution >= 4 is 23.4 Å². The van der Waals surface area contributed by atoms with Crippen LogP contribution in [-0.4, -0.2) is 39.8 Å². The number of anilines is 1. The zero-order valence-electron chi connectivity index (χ0n) is 15.9. The summed E-state index contributed by atoms with van der Waals surface area (Å²) in [6.45, 7) is 5.85. The monoisotopic (exact) mass is 391 g/mol. The number of aliphatic hydroxyl groups excluding tert-OH is 1. The largest absolute Gasteiger partial charge is 0.444 e. The fraction of sp³-hybridized carbons (Fsp3) is 0.400. The van der Waals surface area contributed by atoms with Gasteiger partial charge in [0.1, 0.15) is 16.9 Å². The number of nitrogens with zero attached hydrogens (tertiary/aromatic N) is 2. The minimum atomic E-state index is -0.970. The van der Waals surface area contributed by atoms with Gasteiger partial charge < -0.3 is 20.5 Å². The lowest BCUT2D eigenvalue weighted by Gasteiger charge is -2.29. The Bertz CT molecular complexity index is 760. The van der Waals surface area contributed by atoms with Gasteiger partial charge in [-0.15, -0.1) is 0 Å². The molecule has 1 amide bonds. The molecule has 2 rings (SSSR count). The van der Waals surface area contributed by atoms with Gasteiger partial charge in [-0.2, -0.15) is 0 Å². The van der Waals surface area contributed by atoms with Crippen molar-refractivity contribution in [3.8, 4) is 0 Å². The van der Waals surface area contributed by atoms with Crippen LogP contribution in [0.3, 0.4) is 0 Å². The highest BCUT2D eigenvalue weighted by atomic mass is 35.5. The molecule has 3 N–H and O–H groups in total. The lowest BCUT2D eigenvalue weighted by molar-refractivity contribution is 0.0143. The number of carbonyl (C=O) groups is 1. The van der Waals surface area contributed by atoms with E-state index >= 15 is 0 Å². The molecule has 0 aliphatic heterocycles. The molecule has 0 saturated heterocycles. The Balaban J connectivity index is 2.10. The van der Waals surface area contributed by atoms with Crippen molar-refractivity contribution in [2.24, 2.45) is 0 Å². The van der Waals surface area contributed by atoms with Gasteiger partial charge in [0.2, 0.25) is 0 Å². The van der Waals surface area contributed by atoms with Gasteiger partial charge >= 0.3 is 6.09 Å². The zero-order valence-corrected chi connectivity index (χ0v) is 16.6. The highest BCUT2D eigenvalue weighted by Crippen LogP contribution is 2.18. The fourth-order valence-corrected chi connectivity index (χ4v) is 2.61. The number of ether oxygens (including phenoxy) is 1. The summed E-state index contributed by atoms with van der Waals surface area (Å²) in [4.78, 5) is 18.2. The van der Waals surface area contributed by atoms with Gasteiger partial charge in [0.15, 0.2) is 0 Å². The highest BCUT2D eigenvalue weighted by Gasteiger charge is 2.25. The van der Waals surface area contributed by atoms with E-state index in [1.807, 2.05) is 24.3 Å². The van der Waals surface area contributed by atoms with Crippen molar-refractivity contribution in [2.75, 3.05) is 18.8 Å². The highest BCUT2D eigenvalue weighted by molar-refractivity contribution is 6.29. The Morgan fingerprint density at radius 2 is 1.93 bits per heavy atom. The van der Waals surface area contributed by atoms with Gasteiger partial charge in [0.25, 0.3) is 0 Å². The average Bonchev–Trinajstić information content (AvgIpc) is 2.58. The molecule has 0 radical (unpaired) electrons. The molecule has 2 aromatic rings. The predicted octanol–water partition coefficient (Wildman–Crippen LogP) is 3.83. The number of nitrogen functional groups attached to an aromatic ring is 1. The van der Waals surface area contributed by atoms with Crippen LogP contribution in [-0.2, 0) is 11.2 Å². The Labute approximate surface area is 164 Å². The smallest absolute Gasteiger partial charge is 0.410 e. The van der Waals surface area contributed by atoms with E-state index in [1.165, 1.54) is 4.90 Å². The second-order valence-electron chi connectivity index (χ2n) is 7.32. The molecular weight excluding hydrogens is 366 g/mol. The second-order valence-corrected chi connectivity index (χ2v) is 7.71. The predicted molar refractivity (Wildman–Crippen MR) is 107 cm³/mol. The molecule has 1 aromatic carbocycles. The molecule has 6 nitrogen and oxygen atoms in total. The van der Waals surface area contributed by atoms with Crippen LogP contribution in [0.1, 0.15) is 38.1 Å². The first-order valence-electron chi connectivity index (χ1n) is 8.77. The summed E-state index contributed by atoms with van der Waals surface area (Å²) in [6, 6.07) is 12.5. The SMILES string of the molecule is CC(C)(C)OC(=O)N(CCc1ccc(N)cc1)C[C@@H](O)c1cccc(Cl)n1. The maximum atomic E-state index is 12.6. The number of nitrogens with two attached hydrogens (primary N) is 1. The Morgan fingerprint density at radius 1 is 1.26 bits per heavy atom. The molecule has 1 heterocycles. The van der Waals surface area contributed by atoms with E-state index in [1.54, 1.807) is 39.0 Å². The van der Waals surface area contributed by atoms with Gasteiger partial charge in [0, 0.05) is 12.2 Å². The van der Waals surface area contributed by atoms with E-state index < -0.39 is 17.8 Å². The molecule has 1 aromatic heterocycles. The summed E-state index contributed by atoms with van der Waals surface area (Å²) in [5.41, 5.74) is 7.20. The lowest BCUT2D eigenvalue weighted by atomic mass is 10.1. The Morgan fingerprint density at radius 3 is 2.52 bits per heavy atom. The van der Waals surface area contributed by atoms with Crippen LogP contribution in [0.25, 0.3) is 0 Å². The first-order valence-corrected chi connectivity index (χ1v) is 9.15. The Kier molecular flexibility index (Phi) is 7.05. The average molecular weight is 392 g/mol. The number of hydrogen-bond donors (Lipinski definition) is 2. The summed E-state index contributed by atoms with van der Waals surface area (Å²) >= 11 is 5.89. The topological polar surface area (TPSA) is 88.7 Å². The molecule has 0 saturated carbocycles. The quantitative estimate of drug-likeness (QED) is 0.577. The van der Waals surface area contributed by atoms with Crippen LogP contribution in [0.2, 0.25) is 5.15 Å². The lowest BCUT2D eigenvalue weighted by Crippen LogP contribution is -2.40. The maximum absolute atomic E-state index is 12.6. The summed E-state index contributed by atoms with van der Waals surface area (Å²) in [5, 5.41) is 10.8. The number of aromatic nitrogens is 1. The number of benzene rings is 1. The molecule has 0 bridgehead atoms. The molecular formula is C20H26ClN3O3. The number of hydrogen-bond acceptors (Lipinski definition) is 5. The van der Waals surface area contributed by atoms with Gasteiger partial charge in [-0.25, -0.2) is 9.78 Å². The summed E-state index contributed by atoms with van der Waals surface area (Å²) in [5.74, 6) is 0. The number of aliphatic hydroxyl groups is 1. The number of halogens is 1. The molecule has 27 heavy (non-hydrogen) atoms. The van der Waals surface area contributed by atoms with E-state index in [4.69, 9.17) is 22.1 Å². The molecule has 0 spiro atoms. The van der Waals surface area contributed by atoms with Crippen molar-refractivity contribution in [1.29, 1.82) is 0 Å². The molecule has 146 valence electrons. The maximum Gasteiger partial charge on any atom is 0.410 e. The molecule has 0 aliphatic carbocycles. The van der Waals surface area contributed by atoms with Crippen molar-refractivity contribution in [2.45, 2.75) is 38.9 Å². The normalized spacial score (nSPS) is 12.5. The fourth-order valence-electron chi connectivity index (χ4n) is 2.44. The first-order chi connectivity index (χ1) is 12.6. The minimum Gasteiger partial charge on any atom is -0.444 e. The van der Waals surface area contributed by atoms with Gasteiger partial charge in [-0.05, 0) is 57.0 Å². The van der Waals surface area contributed by atoms with Crippen molar-refractivity contribution in [3.63, 3.8) is 0 Å². The van der Waals surface area contributed by atoms with Crippen LogP contribution < -0.4 is 5.73 Å². The van der Waals surface area contributed by atoms with Crippen molar-refractivity contribution in [1.82, 2.24) is 9.88 Å². The number of carbonyl (C=O) groups excluding carboxylic acids is 1. The van der Waals surface area contributed by atoms with Gasteiger partial charge in [-0.3, -0.25) is 0 Å². The molecule has 0 fully saturated rings. The number of pyridine rings is 1. The molecule has 1 atom stereocenters. The summed E-state index contributed by atoms with van der Waals surface area (Å²) in [6.07, 6.45) is -0.850. The van der Waals surface area contributed by atoms with E-state index in [0.717, 1.165) is 5.56 Å². The van der Waals surface area contributed by atoms with E-state index in [2.05, 4.69) is 4.98 Å². The van der Waals surface area contributed by atoms with E-state index in [-0.39, 0.29) is 11.7 Å². The molecule has 7 heteroatoms. The van der Waals surface area contributed by atoms with Crippen molar-refractivity contribution < 1.29 is 14.6 Å². The number of amides is 1. The van der Waals surface area contributed by atoms with E-state index in [0.29, 0.717) is 24.3 Å². The van der Waals surface area contributed by atoms with Crippen LogP contribution in [0.15, 0.2) is 42.5 Å². The van der Waals surface area contributed by atoms with Gasteiger partial charge in [-0.1, -0.05) is 29.8 Å². The third-order valence-corrected chi connectivity index (χ3v) is 3.98. The van der Waals surface area contributed by atoms with Crippen molar-refractivity contribution in [3.05, 3.63) is 58.9 Å². The van der Waals surface area contributed by atoms with Gasteiger partial charge in [0.05, 0.1) is 12.2 Å². The third kappa shape index (κ3) is 7.07. The van der Waals surface area contributed by atoms with Crippen LogP contribution in [0.5, 0.6) is 0 Å². The van der Waals surface area contributed by atoms with Crippen LogP contribution in [0, 0.1) is 0 Å². The minimum absolute atomic E-state index is 0.0528. The molecule has 0 unspecified atom stereocenters. The van der Waals surface area contributed by atoms with Crippen LogP contribution in [0.4, 0.5) is 10.5 Å². The second kappa shape index (κ2) is 9.06. The zero-order chi connectivity index (χ0) is 20.0. The third-order valence-electron chi connectivity index (χ3n) is 3.77.